The van der Waals surface area contributed by atoms with Gasteiger partial charge in [-0.05, 0) is 58.6 Å². The van der Waals surface area contributed by atoms with Gasteiger partial charge in [0.15, 0.2) is 5.69 Å². The number of imidazole rings is 1. The Bertz CT molecular complexity index is 1370. The first kappa shape index (κ1) is 31.7. The van der Waals surface area contributed by atoms with Crippen LogP contribution in [0.1, 0.15) is 75.0 Å². The topological polar surface area (TPSA) is 103 Å². The molecule has 0 spiro atoms. The van der Waals surface area contributed by atoms with Crippen LogP contribution in [-0.4, -0.2) is 81.9 Å². The third-order valence-electron chi connectivity index (χ3n) is 8.46. The lowest BCUT2D eigenvalue weighted by atomic mass is 9.91. The number of ether oxygens (including phenoxy) is 2. The standard InChI is InChI=1S/C35H47N5O4/c1-35(2,3)44-34(42)38-20-21-39(28(24-38)23-26-13-6-4-7-14-26)33(41)31-32(27-15-8-5-9-16-27)40(25-37-31)29-17-10-11-18-30(29)43-22-12-19-36/h4-9,13-16,25,28-30H,10-12,17-24,36H2,1-3H3/t28-,29+,30+/m1/s1. The number of aromatic nitrogens is 2. The Morgan fingerprint density at radius 3 is 2.39 bits per heavy atom. The van der Waals surface area contributed by atoms with Gasteiger partial charge < -0.3 is 29.6 Å². The molecule has 2 aromatic carbocycles. The molecule has 0 radical (unpaired) electrons. The van der Waals surface area contributed by atoms with Crippen LogP contribution in [0.5, 0.6) is 0 Å². The molecule has 5 rings (SSSR count). The molecule has 44 heavy (non-hydrogen) atoms. The molecule has 2 fully saturated rings. The first-order valence-corrected chi connectivity index (χ1v) is 16.0. The molecule has 2 amide bonds. The van der Waals surface area contributed by atoms with Gasteiger partial charge in [0.25, 0.3) is 5.91 Å². The number of rotatable bonds is 9. The van der Waals surface area contributed by atoms with Crippen molar-refractivity contribution in [3.63, 3.8) is 0 Å². The maximum atomic E-state index is 14.6. The van der Waals surface area contributed by atoms with Crippen LogP contribution in [0.4, 0.5) is 4.79 Å². The smallest absolute Gasteiger partial charge is 0.410 e. The van der Waals surface area contributed by atoms with E-state index >= 15 is 0 Å². The minimum Gasteiger partial charge on any atom is -0.444 e. The second-order valence-electron chi connectivity index (χ2n) is 12.9. The average Bonchev–Trinajstić information content (AvgIpc) is 3.46. The van der Waals surface area contributed by atoms with Crippen LogP contribution in [0.2, 0.25) is 0 Å². The van der Waals surface area contributed by atoms with Gasteiger partial charge in [-0.3, -0.25) is 4.79 Å². The lowest BCUT2D eigenvalue weighted by Crippen LogP contribution is -2.58. The minimum absolute atomic E-state index is 0.0399. The highest BCUT2D eigenvalue weighted by atomic mass is 16.6. The summed E-state index contributed by atoms with van der Waals surface area (Å²) in [6, 6.07) is 20.0. The van der Waals surface area contributed by atoms with Crippen molar-refractivity contribution >= 4 is 12.0 Å². The van der Waals surface area contributed by atoms with E-state index in [1.807, 2.05) is 80.5 Å². The number of hydrogen-bond acceptors (Lipinski definition) is 6. The fourth-order valence-electron chi connectivity index (χ4n) is 6.37. The molecule has 0 unspecified atom stereocenters. The van der Waals surface area contributed by atoms with Crippen LogP contribution in [0, 0.1) is 0 Å². The van der Waals surface area contributed by atoms with Crippen LogP contribution >= 0.6 is 0 Å². The Labute approximate surface area is 261 Å². The van der Waals surface area contributed by atoms with E-state index in [4.69, 9.17) is 20.2 Å². The van der Waals surface area contributed by atoms with Crippen molar-refractivity contribution < 1.29 is 19.1 Å². The minimum atomic E-state index is -0.596. The van der Waals surface area contributed by atoms with Gasteiger partial charge in [-0.2, -0.15) is 0 Å². The van der Waals surface area contributed by atoms with Gasteiger partial charge in [0, 0.05) is 31.8 Å². The summed E-state index contributed by atoms with van der Waals surface area (Å²) in [6.07, 6.45) is 7.10. The van der Waals surface area contributed by atoms with E-state index in [1.165, 1.54) is 0 Å². The number of carbonyl (C=O) groups excluding carboxylic acids is 2. The molecular formula is C35H47N5O4. The molecule has 236 valence electrons. The molecule has 2 heterocycles. The summed E-state index contributed by atoms with van der Waals surface area (Å²) in [7, 11) is 0. The fraction of sp³-hybridized carbons (Fsp3) is 0.514. The van der Waals surface area contributed by atoms with E-state index in [0.29, 0.717) is 44.9 Å². The van der Waals surface area contributed by atoms with E-state index in [9.17, 15) is 9.59 Å². The lowest BCUT2D eigenvalue weighted by molar-refractivity contribution is -0.00582. The van der Waals surface area contributed by atoms with Crippen molar-refractivity contribution in [2.24, 2.45) is 5.73 Å². The van der Waals surface area contributed by atoms with Crippen LogP contribution in [0.15, 0.2) is 67.0 Å². The number of amides is 2. The van der Waals surface area contributed by atoms with Gasteiger partial charge in [-0.25, -0.2) is 9.78 Å². The van der Waals surface area contributed by atoms with Crippen molar-refractivity contribution in [3.8, 4) is 11.3 Å². The van der Waals surface area contributed by atoms with Gasteiger partial charge in [0.05, 0.1) is 30.2 Å². The quantitative estimate of drug-likeness (QED) is 0.316. The second kappa shape index (κ2) is 14.4. The van der Waals surface area contributed by atoms with E-state index < -0.39 is 5.60 Å². The lowest BCUT2D eigenvalue weighted by Gasteiger charge is -2.41. The third kappa shape index (κ3) is 7.68. The number of nitrogens with zero attached hydrogens (tertiary/aromatic N) is 4. The maximum absolute atomic E-state index is 14.6. The molecular weight excluding hydrogens is 554 g/mol. The molecule has 1 aromatic heterocycles. The van der Waals surface area contributed by atoms with E-state index in [1.54, 1.807) is 4.90 Å². The fourth-order valence-corrected chi connectivity index (χ4v) is 6.37. The van der Waals surface area contributed by atoms with Gasteiger partial charge in [0.1, 0.15) is 5.60 Å². The number of hydrogen-bond donors (Lipinski definition) is 1. The van der Waals surface area contributed by atoms with Crippen molar-refractivity contribution in [1.29, 1.82) is 0 Å². The van der Waals surface area contributed by atoms with Crippen molar-refractivity contribution in [2.75, 3.05) is 32.8 Å². The normalized spacial score (nSPS) is 20.9. The highest BCUT2D eigenvalue weighted by molar-refractivity contribution is 5.98. The Balaban J connectivity index is 1.47. The molecule has 2 aliphatic rings. The molecule has 9 nitrogen and oxygen atoms in total. The zero-order valence-corrected chi connectivity index (χ0v) is 26.4. The Morgan fingerprint density at radius 1 is 0.977 bits per heavy atom. The van der Waals surface area contributed by atoms with Gasteiger partial charge in [-0.1, -0.05) is 73.5 Å². The number of piperazine rings is 1. The number of nitrogens with two attached hydrogens (primary N) is 1. The molecule has 9 heteroatoms. The zero-order chi connectivity index (χ0) is 31.1. The first-order valence-electron chi connectivity index (χ1n) is 16.0. The predicted octanol–water partition coefficient (Wildman–Crippen LogP) is 5.70. The molecule has 1 aliphatic heterocycles. The largest absolute Gasteiger partial charge is 0.444 e. The van der Waals surface area contributed by atoms with Gasteiger partial charge in [0.2, 0.25) is 0 Å². The molecule has 1 saturated carbocycles. The maximum Gasteiger partial charge on any atom is 0.410 e. The summed E-state index contributed by atoms with van der Waals surface area (Å²) in [5.41, 5.74) is 8.46. The average molecular weight is 602 g/mol. The van der Waals surface area contributed by atoms with Gasteiger partial charge in [-0.15, -0.1) is 0 Å². The van der Waals surface area contributed by atoms with Crippen LogP contribution in [0.3, 0.4) is 0 Å². The monoisotopic (exact) mass is 601 g/mol. The van der Waals surface area contributed by atoms with Crippen LogP contribution in [0.25, 0.3) is 11.3 Å². The Hall–Kier alpha value is -3.69. The van der Waals surface area contributed by atoms with Crippen molar-refractivity contribution in [2.45, 2.75) is 83.1 Å². The summed E-state index contributed by atoms with van der Waals surface area (Å²) in [5.74, 6) is -0.121. The molecule has 2 N–H and O–H groups in total. The molecule has 1 saturated heterocycles. The molecule has 1 aliphatic carbocycles. The SMILES string of the molecule is CC(C)(C)OC(=O)N1CCN(C(=O)c2ncn([C@H]3CCCC[C@@H]3OCCCN)c2-c2ccccc2)[C@H](Cc2ccccc2)C1. The molecule has 0 bridgehead atoms. The van der Waals surface area contributed by atoms with Gasteiger partial charge >= 0.3 is 6.09 Å². The van der Waals surface area contributed by atoms with Crippen LogP contribution in [-0.2, 0) is 15.9 Å². The Morgan fingerprint density at radius 2 is 1.68 bits per heavy atom. The van der Waals surface area contributed by atoms with E-state index in [-0.39, 0.29) is 30.2 Å². The van der Waals surface area contributed by atoms with E-state index in [2.05, 4.69) is 16.7 Å². The zero-order valence-electron chi connectivity index (χ0n) is 26.4. The summed E-state index contributed by atoms with van der Waals surface area (Å²) < 4.78 is 14.2. The summed E-state index contributed by atoms with van der Waals surface area (Å²) in [5, 5.41) is 0. The van der Waals surface area contributed by atoms with E-state index in [0.717, 1.165) is 48.9 Å². The Kier molecular flexibility index (Phi) is 10.4. The third-order valence-corrected chi connectivity index (χ3v) is 8.46. The second-order valence-corrected chi connectivity index (χ2v) is 12.9. The molecule has 3 aromatic rings. The predicted molar refractivity (Wildman–Crippen MR) is 171 cm³/mol. The summed E-state index contributed by atoms with van der Waals surface area (Å²) in [4.78, 5) is 36.1. The molecule has 3 atom stereocenters. The van der Waals surface area contributed by atoms with Crippen molar-refractivity contribution in [1.82, 2.24) is 19.4 Å². The number of benzene rings is 2. The summed E-state index contributed by atoms with van der Waals surface area (Å²) in [6.45, 7) is 8.01. The number of carbonyl (C=O) groups is 2. The summed E-state index contributed by atoms with van der Waals surface area (Å²) >= 11 is 0. The highest BCUT2D eigenvalue weighted by Gasteiger charge is 2.38. The van der Waals surface area contributed by atoms with Crippen molar-refractivity contribution in [3.05, 3.63) is 78.2 Å². The first-order chi connectivity index (χ1) is 21.2. The van der Waals surface area contributed by atoms with Crippen LogP contribution < -0.4 is 5.73 Å². The highest BCUT2D eigenvalue weighted by Crippen LogP contribution is 2.36.